The van der Waals surface area contributed by atoms with Crippen LogP contribution >= 0.6 is 0 Å². The Bertz CT molecular complexity index is 1080. The first-order valence-corrected chi connectivity index (χ1v) is 10.6. The van der Waals surface area contributed by atoms with Crippen molar-refractivity contribution in [3.63, 3.8) is 0 Å². The third kappa shape index (κ3) is 4.01. The number of nitrogens with zero attached hydrogens (tertiary/aromatic N) is 1. The summed E-state index contributed by atoms with van der Waals surface area (Å²) < 4.78 is 16.9. The molecule has 0 bridgehead atoms. The number of aryl methyl sites for hydroxylation is 1. The largest absolute Gasteiger partial charge is 0.486 e. The van der Waals surface area contributed by atoms with Gasteiger partial charge in [0.2, 0.25) is 0 Å². The summed E-state index contributed by atoms with van der Waals surface area (Å²) >= 11 is 0. The highest BCUT2D eigenvalue weighted by Gasteiger charge is 2.19. The monoisotopic (exact) mass is 419 g/mol. The number of hydrogen-bond donors (Lipinski definition) is 2. The van der Waals surface area contributed by atoms with Gasteiger partial charge in [-0.15, -0.1) is 0 Å². The Morgan fingerprint density at radius 1 is 1.06 bits per heavy atom. The summed E-state index contributed by atoms with van der Waals surface area (Å²) in [4.78, 5) is 12.5. The summed E-state index contributed by atoms with van der Waals surface area (Å²) in [5.74, 6) is 1.41. The van der Waals surface area contributed by atoms with Crippen LogP contribution in [-0.4, -0.2) is 48.6 Å². The number of aromatic nitrogens is 2. The van der Waals surface area contributed by atoms with E-state index in [2.05, 4.69) is 15.5 Å². The highest BCUT2D eigenvalue weighted by Crippen LogP contribution is 2.39. The van der Waals surface area contributed by atoms with Crippen LogP contribution in [0.2, 0.25) is 0 Å². The second-order valence-corrected chi connectivity index (χ2v) is 7.85. The first-order valence-electron chi connectivity index (χ1n) is 10.6. The second kappa shape index (κ2) is 8.43. The number of carbonyl (C=O) groups is 1. The summed E-state index contributed by atoms with van der Waals surface area (Å²) in [6, 6.07) is 13.5. The van der Waals surface area contributed by atoms with Crippen LogP contribution in [0.4, 0.5) is 0 Å². The Labute approximate surface area is 180 Å². The molecule has 31 heavy (non-hydrogen) atoms. The summed E-state index contributed by atoms with van der Waals surface area (Å²) in [6.45, 7) is 4.44. The molecule has 0 saturated carbocycles. The van der Waals surface area contributed by atoms with E-state index in [4.69, 9.17) is 14.2 Å². The molecule has 0 spiro atoms. The number of fused-ring (bicyclic) bond motifs is 1. The molecule has 7 heteroatoms. The predicted molar refractivity (Wildman–Crippen MR) is 116 cm³/mol. The molecule has 2 aromatic carbocycles. The van der Waals surface area contributed by atoms with Gasteiger partial charge in [0.15, 0.2) is 11.5 Å². The van der Waals surface area contributed by atoms with E-state index >= 15 is 0 Å². The molecule has 7 nitrogen and oxygen atoms in total. The van der Waals surface area contributed by atoms with Crippen molar-refractivity contribution >= 4 is 5.91 Å². The van der Waals surface area contributed by atoms with Crippen LogP contribution in [0, 0.1) is 6.92 Å². The van der Waals surface area contributed by atoms with Crippen molar-refractivity contribution in [3.05, 3.63) is 53.7 Å². The van der Waals surface area contributed by atoms with E-state index in [-0.39, 0.29) is 12.0 Å². The summed E-state index contributed by atoms with van der Waals surface area (Å²) in [5.41, 5.74) is 5.36. The Morgan fingerprint density at radius 3 is 2.61 bits per heavy atom. The van der Waals surface area contributed by atoms with Gasteiger partial charge in [0.25, 0.3) is 5.91 Å². The quantitative estimate of drug-likeness (QED) is 0.658. The van der Waals surface area contributed by atoms with Crippen LogP contribution in [0.25, 0.3) is 22.4 Å². The average Bonchev–Trinajstić information content (AvgIpc) is 3.47. The lowest BCUT2D eigenvalue weighted by Crippen LogP contribution is -2.31. The first-order chi connectivity index (χ1) is 15.2. The fraction of sp³-hybridized carbons (Fsp3) is 0.333. The van der Waals surface area contributed by atoms with Crippen molar-refractivity contribution in [1.29, 1.82) is 0 Å². The molecule has 1 unspecified atom stereocenters. The Balaban J connectivity index is 1.37. The van der Waals surface area contributed by atoms with E-state index in [1.807, 2.05) is 49.4 Å². The van der Waals surface area contributed by atoms with Gasteiger partial charge in [-0.2, -0.15) is 5.10 Å². The van der Waals surface area contributed by atoms with Crippen molar-refractivity contribution in [3.8, 4) is 33.9 Å². The normalized spacial score (nSPS) is 17.5. The standard InChI is InChI=1S/C24H25N3O4/c1-15-22(18-8-9-20-21(13-18)31-12-11-30-20)23(27-26-15)16-4-6-17(7-5-16)24(28)25-14-19-3-2-10-29-19/h4-9,13,19H,2-3,10-12,14H2,1H3,(H,25,28)(H,26,27). The van der Waals surface area contributed by atoms with Gasteiger partial charge in [0, 0.05) is 35.5 Å². The second-order valence-electron chi connectivity index (χ2n) is 7.85. The number of aromatic amines is 1. The molecule has 3 heterocycles. The van der Waals surface area contributed by atoms with Gasteiger partial charge in [-0.25, -0.2) is 0 Å². The van der Waals surface area contributed by atoms with Crippen LogP contribution in [0.15, 0.2) is 42.5 Å². The Hall–Kier alpha value is -3.32. The zero-order valence-corrected chi connectivity index (χ0v) is 17.4. The maximum absolute atomic E-state index is 12.5. The first kappa shape index (κ1) is 19.6. The molecule has 2 N–H and O–H groups in total. The van der Waals surface area contributed by atoms with E-state index < -0.39 is 0 Å². The van der Waals surface area contributed by atoms with Gasteiger partial charge in [0.05, 0.1) is 6.10 Å². The Morgan fingerprint density at radius 2 is 1.84 bits per heavy atom. The molecule has 0 aliphatic carbocycles. The number of ether oxygens (including phenoxy) is 3. The van der Waals surface area contributed by atoms with E-state index in [0.29, 0.717) is 25.3 Å². The number of nitrogens with one attached hydrogen (secondary N) is 2. The number of hydrogen-bond acceptors (Lipinski definition) is 5. The lowest BCUT2D eigenvalue weighted by atomic mass is 9.98. The number of rotatable bonds is 5. The minimum atomic E-state index is -0.0904. The fourth-order valence-electron chi connectivity index (χ4n) is 4.08. The lowest BCUT2D eigenvalue weighted by Gasteiger charge is -2.19. The van der Waals surface area contributed by atoms with Gasteiger partial charge < -0.3 is 19.5 Å². The van der Waals surface area contributed by atoms with Crippen molar-refractivity contribution in [2.24, 2.45) is 0 Å². The van der Waals surface area contributed by atoms with Crippen LogP contribution < -0.4 is 14.8 Å². The Kier molecular flexibility index (Phi) is 5.34. The molecular weight excluding hydrogens is 394 g/mol. The summed E-state index contributed by atoms with van der Waals surface area (Å²) in [6.07, 6.45) is 2.19. The molecule has 160 valence electrons. The van der Waals surface area contributed by atoms with E-state index in [1.54, 1.807) is 0 Å². The van der Waals surface area contributed by atoms with Crippen LogP contribution in [0.5, 0.6) is 11.5 Å². The topological polar surface area (TPSA) is 85.5 Å². The van der Waals surface area contributed by atoms with Crippen LogP contribution in [0.1, 0.15) is 28.9 Å². The number of benzene rings is 2. The summed E-state index contributed by atoms with van der Waals surface area (Å²) in [5, 5.41) is 10.6. The number of H-pyrrole nitrogens is 1. The van der Waals surface area contributed by atoms with Gasteiger partial charge in [0.1, 0.15) is 18.9 Å². The van der Waals surface area contributed by atoms with Crippen molar-refractivity contribution in [2.45, 2.75) is 25.9 Å². The number of amides is 1. The molecule has 1 atom stereocenters. The van der Waals surface area contributed by atoms with Crippen molar-refractivity contribution < 1.29 is 19.0 Å². The van der Waals surface area contributed by atoms with Crippen LogP contribution in [0.3, 0.4) is 0 Å². The molecule has 2 aliphatic heterocycles. The maximum Gasteiger partial charge on any atom is 0.251 e. The smallest absolute Gasteiger partial charge is 0.251 e. The van der Waals surface area contributed by atoms with Crippen molar-refractivity contribution in [1.82, 2.24) is 15.5 Å². The molecule has 5 rings (SSSR count). The van der Waals surface area contributed by atoms with Crippen molar-refractivity contribution in [2.75, 3.05) is 26.4 Å². The molecule has 1 aromatic heterocycles. The third-order valence-corrected chi connectivity index (χ3v) is 5.71. The van der Waals surface area contributed by atoms with Gasteiger partial charge in [-0.1, -0.05) is 18.2 Å². The van der Waals surface area contributed by atoms with Gasteiger partial charge >= 0.3 is 0 Å². The molecule has 1 fully saturated rings. The molecule has 1 saturated heterocycles. The van der Waals surface area contributed by atoms with E-state index in [9.17, 15) is 4.79 Å². The highest BCUT2D eigenvalue weighted by atomic mass is 16.6. The SMILES string of the molecule is Cc1[nH]nc(-c2ccc(C(=O)NCC3CCCO3)cc2)c1-c1ccc2c(c1)OCCO2. The van der Waals surface area contributed by atoms with Gasteiger partial charge in [-0.05, 0) is 49.6 Å². The maximum atomic E-state index is 12.5. The lowest BCUT2D eigenvalue weighted by molar-refractivity contribution is 0.0858. The van der Waals surface area contributed by atoms with E-state index in [0.717, 1.165) is 59.0 Å². The molecule has 2 aliphatic rings. The molecule has 1 amide bonds. The molecule has 3 aromatic rings. The third-order valence-electron chi connectivity index (χ3n) is 5.71. The van der Waals surface area contributed by atoms with E-state index in [1.165, 1.54) is 0 Å². The summed E-state index contributed by atoms with van der Waals surface area (Å²) in [7, 11) is 0. The minimum absolute atomic E-state index is 0.0904. The highest BCUT2D eigenvalue weighted by molar-refractivity contribution is 5.95. The zero-order valence-electron chi connectivity index (χ0n) is 17.4. The molecule has 0 radical (unpaired) electrons. The van der Waals surface area contributed by atoms with Gasteiger partial charge in [-0.3, -0.25) is 9.89 Å². The van der Waals surface area contributed by atoms with Crippen LogP contribution in [-0.2, 0) is 4.74 Å². The fourth-order valence-corrected chi connectivity index (χ4v) is 4.08. The predicted octanol–water partition coefficient (Wildman–Crippen LogP) is 3.73. The minimum Gasteiger partial charge on any atom is -0.486 e. The average molecular weight is 419 g/mol. The zero-order chi connectivity index (χ0) is 21.2. The molecular formula is C24H25N3O4. The number of carbonyl (C=O) groups excluding carboxylic acids is 1.